The molecule has 9 aromatic carbocycles. The number of para-hydroxylation sites is 1. The molecule has 4 nitrogen and oxygen atoms in total. The molecule has 5 heteroatoms. The molecule has 2 unspecified atom stereocenters. The van der Waals surface area contributed by atoms with E-state index in [4.69, 9.17) is 15.0 Å². The van der Waals surface area contributed by atoms with Gasteiger partial charge in [-0.15, -0.1) is 11.3 Å². The van der Waals surface area contributed by atoms with Crippen LogP contribution < -0.4 is 0 Å². The average molecular weight is 965 g/mol. The van der Waals surface area contributed by atoms with Crippen molar-refractivity contribution in [1.29, 1.82) is 0 Å². The van der Waals surface area contributed by atoms with E-state index in [-0.39, 0.29) is 11.8 Å². The van der Waals surface area contributed by atoms with Gasteiger partial charge in [-0.2, -0.15) is 0 Å². The Balaban J connectivity index is 1.04. The van der Waals surface area contributed by atoms with Crippen LogP contribution in [0.4, 0.5) is 0 Å². The second-order valence-electron chi connectivity index (χ2n) is 19.4. The van der Waals surface area contributed by atoms with Gasteiger partial charge in [0, 0.05) is 60.5 Å². The van der Waals surface area contributed by atoms with Gasteiger partial charge in [-0.3, -0.25) is 0 Å². The van der Waals surface area contributed by atoms with Gasteiger partial charge in [-0.05, 0) is 87.7 Å². The number of hydrogen-bond donors (Lipinski definition) is 0. The van der Waals surface area contributed by atoms with E-state index in [1.54, 1.807) is 0 Å². The Hall–Kier alpha value is -9.03. The largest absolute Gasteiger partial charge is 0.310 e. The Bertz CT molecular complexity index is 4220. The minimum absolute atomic E-state index is 0.0805. The van der Waals surface area contributed by atoms with E-state index in [0.717, 1.165) is 50.9 Å². The molecule has 0 spiro atoms. The number of allylic oxidation sites excluding steroid dienone is 8. The molecule has 0 bridgehead atoms. The molecular weight excluding hydrogens is 917 g/mol. The van der Waals surface area contributed by atoms with E-state index in [1.807, 2.05) is 11.3 Å². The summed E-state index contributed by atoms with van der Waals surface area (Å²) in [5.74, 6) is 2.11. The van der Waals surface area contributed by atoms with Gasteiger partial charge in [0.15, 0.2) is 17.5 Å². The quantitative estimate of drug-likeness (QED) is 0.145. The van der Waals surface area contributed by atoms with Crippen LogP contribution in [-0.4, -0.2) is 19.5 Å². The molecule has 3 heterocycles. The third kappa shape index (κ3) is 7.81. The molecule has 74 heavy (non-hydrogen) atoms. The SMILES string of the molecule is C1=CCC(c2cc(-c3ccccc3)cc(-c3nc(C4=CC(c5ccccc5)=C(n5c6ccccc6c6ccc7c8ccccc8sc7c65)C(c5ccccc5)C4)nc(-c4ccc(-c5ccccc5)cc4)n3)c2)C=C1. The zero-order chi connectivity index (χ0) is 49.0. The van der Waals surface area contributed by atoms with E-state index in [9.17, 15) is 0 Å². The van der Waals surface area contributed by atoms with Crippen LogP contribution in [0.1, 0.15) is 47.2 Å². The number of aromatic nitrogens is 4. The lowest BCUT2D eigenvalue weighted by atomic mass is 9.80. The summed E-state index contributed by atoms with van der Waals surface area (Å²) in [4.78, 5) is 16.5. The van der Waals surface area contributed by atoms with Crippen LogP contribution in [0.5, 0.6) is 0 Å². The number of rotatable bonds is 9. The molecule has 14 rings (SSSR count). The highest BCUT2D eigenvalue weighted by molar-refractivity contribution is 7.26. The van der Waals surface area contributed by atoms with Gasteiger partial charge < -0.3 is 4.57 Å². The molecule has 0 radical (unpaired) electrons. The van der Waals surface area contributed by atoms with Gasteiger partial charge in [0.05, 0.1) is 15.7 Å². The van der Waals surface area contributed by atoms with Gasteiger partial charge in [0.2, 0.25) is 0 Å². The molecule has 0 amide bonds. The predicted molar refractivity (Wildman–Crippen MR) is 311 cm³/mol. The first-order valence-corrected chi connectivity index (χ1v) is 26.4. The van der Waals surface area contributed by atoms with E-state index in [1.165, 1.54) is 64.4 Å². The van der Waals surface area contributed by atoms with E-state index in [0.29, 0.717) is 23.9 Å². The Morgan fingerprint density at radius 3 is 1.74 bits per heavy atom. The normalized spacial score (nSPS) is 15.6. The van der Waals surface area contributed by atoms with E-state index in [2.05, 4.69) is 259 Å². The number of nitrogens with zero attached hydrogens (tertiary/aromatic N) is 4. The third-order valence-electron chi connectivity index (χ3n) is 15.0. The summed E-state index contributed by atoms with van der Waals surface area (Å²) in [6.07, 6.45) is 12.9. The fraction of sp³-hybridized carbons (Fsp3) is 0.0580. The Kier molecular flexibility index (Phi) is 11.0. The number of benzene rings is 9. The molecule has 3 aromatic heterocycles. The maximum atomic E-state index is 5.60. The Labute approximate surface area is 434 Å². The van der Waals surface area contributed by atoms with Gasteiger partial charge in [-0.25, -0.2) is 15.0 Å². The lowest BCUT2D eigenvalue weighted by molar-refractivity contribution is 0.835. The van der Waals surface area contributed by atoms with Crippen LogP contribution in [0.2, 0.25) is 0 Å². The van der Waals surface area contributed by atoms with Crippen molar-refractivity contribution in [3.8, 4) is 45.0 Å². The highest BCUT2D eigenvalue weighted by atomic mass is 32.1. The Morgan fingerprint density at radius 1 is 0.432 bits per heavy atom. The first-order chi connectivity index (χ1) is 36.7. The minimum Gasteiger partial charge on any atom is -0.310 e. The molecular formula is C69H48N4S. The van der Waals surface area contributed by atoms with Crippen molar-refractivity contribution in [3.05, 3.63) is 277 Å². The molecule has 0 N–H and O–H groups in total. The van der Waals surface area contributed by atoms with Crippen molar-refractivity contribution in [2.24, 2.45) is 0 Å². The standard InChI is InChI=1S/C69H48N4S/c1-6-20-45(21-7-1)48-34-36-51(37-35-48)67-70-68(54-41-52(46-22-8-2-9-23-46)40-53(42-54)47-24-10-3-11-25-47)72-69(71-67)55-43-60(49-26-12-4-13-27-49)64(61(44-55)50-28-14-5-15-29-50)73-62-32-18-16-30-56(62)58-38-39-59-57-31-17-19-33-63(57)74-66(59)65(58)73/h1-24,26-43,47,61H,25,44H2. The van der Waals surface area contributed by atoms with E-state index < -0.39 is 0 Å². The topological polar surface area (TPSA) is 43.6 Å². The minimum atomic E-state index is -0.0805. The van der Waals surface area contributed by atoms with Crippen LogP contribution in [0.15, 0.2) is 255 Å². The van der Waals surface area contributed by atoms with Crippen molar-refractivity contribution in [1.82, 2.24) is 19.5 Å². The average Bonchev–Trinajstić information content (AvgIpc) is 4.04. The lowest BCUT2D eigenvalue weighted by Crippen LogP contribution is -2.16. The summed E-state index contributed by atoms with van der Waals surface area (Å²) < 4.78 is 5.20. The smallest absolute Gasteiger partial charge is 0.164 e. The fourth-order valence-electron chi connectivity index (χ4n) is 11.4. The molecule has 0 aliphatic heterocycles. The van der Waals surface area contributed by atoms with Crippen molar-refractivity contribution in [2.45, 2.75) is 24.7 Å². The summed E-state index contributed by atoms with van der Waals surface area (Å²) in [5.41, 5.74) is 16.0. The highest BCUT2D eigenvalue weighted by Gasteiger charge is 2.33. The molecule has 0 saturated carbocycles. The first-order valence-electron chi connectivity index (χ1n) is 25.5. The van der Waals surface area contributed by atoms with Crippen LogP contribution >= 0.6 is 11.3 Å². The monoisotopic (exact) mass is 964 g/mol. The maximum Gasteiger partial charge on any atom is 0.164 e. The predicted octanol–water partition coefficient (Wildman–Crippen LogP) is 18.3. The summed E-state index contributed by atoms with van der Waals surface area (Å²) in [5, 5.41) is 5.07. The van der Waals surface area contributed by atoms with Crippen LogP contribution in [0, 0.1) is 0 Å². The second kappa shape index (κ2) is 18.5. The molecule has 2 atom stereocenters. The number of fused-ring (bicyclic) bond motifs is 7. The van der Waals surface area contributed by atoms with Crippen molar-refractivity contribution in [3.63, 3.8) is 0 Å². The number of hydrogen-bond acceptors (Lipinski definition) is 4. The highest BCUT2D eigenvalue weighted by Crippen LogP contribution is 2.51. The summed E-state index contributed by atoms with van der Waals surface area (Å²) >= 11 is 1.89. The second-order valence-corrected chi connectivity index (χ2v) is 20.5. The summed E-state index contributed by atoms with van der Waals surface area (Å²) in [6, 6.07) is 81.2. The molecule has 350 valence electrons. The molecule has 2 aliphatic carbocycles. The lowest BCUT2D eigenvalue weighted by Gasteiger charge is -2.31. The van der Waals surface area contributed by atoms with Gasteiger partial charge in [0.25, 0.3) is 0 Å². The third-order valence-corrected chi connectivity index (χ3v) is 16.2. The summed E-state index contributed by atoms with van der Waals surface area (Å²) in [6.45, 7) is 0. The first kappa shape index (κ1) is 43.7. The molecule has 12 aromatic rings. The molecule has 0 fully saturated rings. The van der Waals surface area contributed by atoms with Crippen LogP contribution in [-0.2, 0) is 0 Å². The maximum absolute atomic E-state index is 5.60. The zero-order valence-corrected chi connectivity index (χ0v) is 41.3. The zero-order valence-electron chi connectivity index (χ0n) is 40.5. The molecule has 0 saturated heterocycles. The number of thiophene rings is 1. The van der Waals surface area contributed by atoms with Gasteiger partial charge in [0.1, 0.15) is 0 Å². The van der Waals surface area contributed by atoms with Crippen molar-refractivity contribution >= 4 is 70.2 Å². The van der Waals surface area contributed by atoms with Gasteiger partial charge in [-0.1, -0.05) is 224 Å². The summed E-state index contributed by atoms with van der Waals surface area (Å²) in [7, 11) is 0. The van der Waals surface area contributed by atoms with E-state index >= 15 is 0 Å². The molecule has 2 aliphatic rings. The van der Waals surface area contributed by atoms with Gasteiger partial charge >= 0.3 is 0 Å². The van der Waals surface area contributed by atoms with Crippen LogP contribution in [0.25, 0.3) is 104 Å². The Morgan fingerprint density at radius 2 is 1.01 bits per heavy atom. The van der Waals surface area contributed by atoms with Crippen molar-refractivity contribution < 1.29 is 0 Å². The van der Waals surface area contributed by atoms with Crippen molar-refractivity contribution in [2.75, 3.05) is 0 Å². The van der Waals surface area contributed by atoms with Crippen LogP contribution in [0.3, 0.4) is 0 Å². The fourth-order valence-corrected chi connectivity index (χ4v) is 12.6.